The Bertz CT molecular complexity index is 309. The molecular weight excluding hydrogens is 270 g/mol. The molecule has 0 unspecified atom stereocenters. The van der Waals surface area contributed by atoms with Crippen LogP contribution in [0.4, 0.5) is 0 Å². The Morgan fingerprint density at radius 2 is 0.810 bits per heavy atom. The van der Waals surface area contributed by atoms with Crippen molar-refractivity contribution in [1.82, 2.24) is 4.91 Å². The van der Waals surface area contributed by atoms with E-state index in [0.717, 1.165) is 12.8 Å². The molecule has 0 radical (unpaired) electrons. The molecule has 0 atom stereocenters. The molecule has 118 valence electrons. The number of hydrogen-bond acceptors (Lipinski definition) is 4. The van der Waals surface area contributed by atoms with Gasteiger partial charge < -0.3 is 0 Å². The van der Waals surface area contributed by atoms with Crippen LogP contribution in [-0.2, 0) is 0 Å². The third-order valence-corrected chi connectivity index (χ3v) is 2.89. The Kier molecular flexibility index (Phi) is 23.3. The lowest BCUT2D eigenvalue weighted by molar-refractivity contribution is 0.554. The lowest BCUT2D eigenvalue weighted by atomic mass is 10.1. The van der Waals surface area contributed by atoms with Crippen LogP contribution < -0.4 is 4.91 Å². The highest BCUT2D eigenvalue weighted by atomic mass is 15.1. The first-order valence-corrected chi connectivity index (χ1v) is 7.38. The largest absolute Gasteiger partial charge is 0.211 e. The van der Waals surface area contributed by atoms with Crippen LogP contribution in [0.15, 0.2) is 10.2 Å². The highest BCUT2D eigenvalue weighted by Gasteiger charge is 1.92. The van der Waals surface area contributed by atoms with Crippen LogP contribution in [0.3, 0.4) is 0 Å². The summed E-state index contributed by atoms with van der Waals surface area (Å²) in [6.45, 7) is 1.28. The molecule has 0 aliphatic rings. The van der Waals surface area contributed by atoms with Gasteiger partial charge in [0.1, 0.15) is 11.1 Å². The standard InChI is InChI=1S/C12H24N6.H2N3/c13-17-15-11-9-7-5-3-1-2-4-6-8-10-12-16-18-14;1-3-2/h1-12H2;1-2H/q;+1. The first kappa shape index (κ1) is 21.2. The smallest absolute Gasteiger partial charge is 0.0940 e. The van der Waals surface area contributed by atoms with E-state index < -0.39 is 0 Å². The monoisotopic (exact) mass is 296 g/mol. The van der Waals surface area contributed by atoms with E-state index in [9.17, 15) is 0 Å². The Labute approximate surface area is 125 Å². The van der Waals surface area contributed by atoms with E-state index in [1.807, 2.05) is 4.91 Å². The van der Waals surface area contributed by atoms with Gasteiger partial charge in [0.2, 0.25) is 4.91 Å². The van der Waals surface area contributed by atoms with Crippen LogP contribution in [0, 0.1) is 11.1 Å². The number of azide groups is 2. The van der Waals surface area contributed by atoms with Crippen molar-refractivity contribution >= 4 is 0 Å². The van der Waals surface area contributed by atoms with Crippen LogP contribution in [-0.4, -0.2) is 13.1 Å². The summed E-state index contributed by atoms with van der Waals surface area (Å²) in [4.78, 5) is 7.46. The molecule has 0 saturated heterocycles. The molecule has 0 aliphatic heterocycles. The molecule has 0 aliphatic carbocycles. The van der Waals surface area contributed by atoms with Crippen LogP contribution in [0.25, 0.3) is 20.9 Å². The summed E-state index contributed by atoms with van der Waals surface area (Å²) in [7, 11) is 0. The van der Waals surface area contributed by atoms with Crippen molar-refractivity contribution in [2.45, 2.75) is 64.2 Å². The molecule has 0 amide bonds. The second kappa shape index (κ2) is 23.1. The van der Waals surface area contributed by atoms with Gasteiger partial charge >= 0.3 is 0 Å². The minimum atomic E-state index is 0.641. The molecule has 0 spiro atoms. The molecule has 0 aromatic carbocycles. The van der Waals surface area contributed by atoms with Gasteiger partial charge in [-0.2, -0.15) is 0 Å². The summed E-state index contributed by atoms with van der Waals surface area (Å²) < 4.78 is 0. The minimum absolute atomic E-state index is 0.641. The van der Waals surface area contributed by atoms with E-state index in [1.165, 1.54) is 51.4 Å². The van der Waals surface area contributed by atoms with Gasteiger partial charge in [-0.15, -0.1) is 0 Å². The number of nitrogens with one attached hydrogen (secondary N) is 2. The zero-order chi connectivity index (χ0) is 16.0. The quantitative estimate of drug-likeness (QED) is 0.187. The van der Waals surface area contributed by atoms with Crippen molar-refractivity contribution < 1.29 is 0 Å². The second-order valence-electron chi connectivity index (χ2n) is 4.56. The van der Waals surface area contributed by atoms with Gasteiger partial charge in [-0.3, -0.25) is 0 Å². The van der Waals surface area contributed by atoms with Crippen molar-refractivity contribution in [2.75, 3.05) is 13.1 Å². The zero-order valence-electron chi connectivity index (χ0n) is 12.6. The van der Waals surface area contributed by atoms with Crippen LogP contribution in [0.5, 0.6) is 0 Å². The summed E-state index contributed by atoms with van der Waals surface area (Å²) in [5.74, 6) is 0. The molecule has 2 N–H and O–H groups in total. The molecule has 21 heavy (non-hydrogen) atoms. The third kappa shape index (κ3) is 27.2. The van der Waals surface area contributed by atoms with Crippen molar-refractivity contribution in [3.05, 3.63) is 20.9 Å². The topological polar surface area (TPSA) is 159 Å². The summed E-state index contributed by atoms with van der Waals surface area (Å²) in [6.07, 6.45) is 12.1. The predicted molar refractivity (Wildman–Crippen MR) is 81.8 cm³/mol. The van der Waals surface area contributed by atoms with Crippen molar-refractivity contribution in [1.29, 1.82) is 11.1 Å². The highest BCUT2D eigenvalue weighted by Crippen LogP contribution is 2.10. The van der Waals surface area contributed by atoms with Crippen LogP contribution >= 0.6 is 0 Å². The number of unbranched alkanes of at least 4 members (excludes halogenated alkanes) is 9. The molecule has 0 rings (SSSR count). The Balaban J connectivity index is 0. The third-order valence-electron chi connectivity index (χ3n) is 2.89. The average molecular weight is 296 g/mol. The van der Waals surface area contributed by atoms with Crippen molar-refractivity contribution in [3.63, 3.8) is 0 Å². The number of hydrogen-bond donors (Lipinski definition) is 2. The van der Waals surface area contributed by atoms with Gasteiger partial charge in [-0.1, -0.05) is 61.6 Å². The molecule has 0 fully saturated rings. The molecule has 0 saturated carbocycles. The second-order valence-corrected chi connectivity index (χ2v) is 4.56. The van der Waals surface area contributed by atoms with Gasteiger partial charge in [0, 0.05) is 22.9 Å². The fourth-order valence-electron chi connectivity index (χ4n) is 1.87. The molecule has 0 bridgehead atoms. The van der Waals surface area contributed by atoms with Crippen LogP contribution in [0.1, 0.15) is 64.2 Å². The van der Waals surface area contributed by atoms with E-state index in [-0.39, 0.29) is 0 Å². The van der Waals surface area contributed by atoms with E-state index in [2.05, 4.69) is 20.1 Å². The summed E-state index contributed by atoms with van der Waals surface area (Å²) in [6, 6.07) is 0. The van der Waals surface area contributed by atoms with E-state index in [1.54, 1.807) is 0 Å². The first-order valence-electron chi connectivity index (χ1n) is 7.38. The van der Waals surface area contributed by atoms with Gasteiger partial charge in [-0.25, -0.2) is 0 Å². The normalized spacial score (nSPS) is 8.57. The minimum Gasteiger partial charge on any atom is -0.0940 e. The highest BCUT2D eigenvalue weighted by molar-refractivity contribution is 4.51. The first-order chi connectivity index (χ1) is 10.3. The summed E-state index contributed by atoms with van der Waals surface area (Å²) in [5.41, 5.74) is 27.2. The molecule has 9 heteroatoms. The number of nitrogens with zero attached hydrogens (tertiary/aromatic N) is 7. The SMILES string of the molecule is N=[N+]=N.[N-]=[N+]=NCCCCCCCCCCCCN=[N+]=[N-]. The molecular formula is C12H26N9+. The lowest BCUT2D eigenvalue weighted by Crippen LogP contribution is -1.84. The Hall–Kier alpha value is -2.07. The predicted octanol–water partition coefficient (Wildman–Crippen LogP) is 5.62. The Morgan fingerprint density at radius 3 is 1.05 bits per heavy atom. The molecule has 0 heterocycles. The van der Waals surface area contributed by atoms with E-state index in [4.69, 9.17) is 22.1 Å². The molecule has 0 aromatic rings. The van der Waals surface area contributed by atoms with Gasteiger partial charge in [0.15, 0.2) is 0 Å². The number of rotatable bonds is 13. The fraction of sp³-hybridized carbons (Fsp3) is 1.00. The van der Waals surface area contributed by atoms with Gasteiger partial charge in [-0.05, 0) is 23.9 Å². The summed E-state index contributed by atoms with van der Waals surface area (Å²) in [5, 5.41) is 7.02. The fourth-order valence-corrected chi connectivity index (χ4v) is 1.87. The zero-order valence-corrected chi connectivity index (χ0v) is 12.6. The Morgan fingerprint density at radius 1 is 0.571 bits per heavy atom. The molecule has 9 nitrogen and oxygen atoms in total. The lowest BCUT2D eigenvalue weighted by Gasteiger charge is -2.01. The van der Waals surface area contributed by atoms with Gasteiger partial charge in [0.25, 0.3) is 0 Å². The average Bonchev–Trinajstić information content (AvgIpc) is 2.48. The maximum absolute atomic E-state index is 8.09. The van der Waals surface area contributed by atoms with E-state index in [0.29, 0.717) is 13.1 Å². The van der Waals surface area contributed by atoms with Gasteiger partial charge in [0.05, 0.1) is 0 Å². The summed E-state index contributed by atoms with van der Waals surface area (Å²) >= 11 is 0. The van der Waals surface area contributed by atoms with Crippen molar-refractivity contribution in [3.8, 4) is 0 Å². The maximum Gasteiger partial charge on any atom is 0.211 e. The van der Waals surface area contributed by atoms with Crippen molar-refractivity contribution in [2.24, 2.45) is 10.2 Å². The van der Waals surface area contributed by atoms with E-state index >= 15 is 0 Å². The molecule has 0 aromatic heterocycles. The van der Waals surface area contributed by atoms with Crippen LogP contribution in [0.2, 0.25) is 0 Å². The maximum atomic E-state index is 8.09.